The Kier molecular flexibility index (Phi) is 4.82. The molecule has 2 heterocycles. The van der Waals surface area contributed by atoms with Crippen LogP contribution in [0.15, 0.2) is 41.3 Å². The molecule has 0 aliphatic carbocycles. The van der Waals surface area contributed by atoms with Gasteiger partial charge in [0.25, 0.3) is 10.0 Å². The molecule has 2 aromatic carbocycles. The predicted molar refractivity (Wildman–Crippen MR) is 109 cm³/mol. The lowest BCUT2D eigenvalue weighted by Gasteiger charge is -2.26. The van der Waals surface area contributed by atoms with Gasteiger partial charge in [0.05, 0.1) is 34.4 Å². The molecule has 0 spiro atoms. The fraction of sp³-hybridized carbons (Fsp3) is 0.333. The van der Waals surface area contributed by atoms with Gasteiger partial charge in [-0.3, -0.25) is 9.52 Å². The number of hydrogen-bond acceptors (Lipinski definition) is 5. The monoisotopic (exact) mass is 414 g/mol. The highest BCUT2D eigenvalue weighted by molar-refractivity contribution is 7.92. The zero-order valence-electron chi connectivity index (χ0n) is 16.3. The Morgan fingerprint density at radius 2 is 2.03 bits per heavy atom. The van der Waals surface area contributed by atoms with Crippen molar-refractivity contribution >= 4 is 33.3 Å². The maximum atomic E-state index is 13.1. The lowest BCUT2D eigenvalue weighted by Crippen LogP contribution is -2.32. The van der Waals surface area contributed by atoms with Crippen molar-refractivity contribution in [3.8, 4) is 0 Å². The van der Waals surface area contributed by atoms with Crippen LogP contribution in [0.1, 0.15) is 47.7 Å². The Hall–Kier alpha value is -2.87. The Labute approximate surface area is 169 Å². The number of ether oxygens (including phenoxy) is 1. The Morgan fingerprint density at radius 1 is 1.28 bits per heavy atom. The zero-order valence-corrected chi connectivity index (χ0v) is 17.1. The summed E-state index contributed by atoms with van der Waals surface area (Å²) in [6, 6.07) is 9.53. The summed E-state index contributed by atoms with van der Waals surface area (Å²) in [4.78, 5) is 26.5. The van der Waals surface area contributed by atoms with Crippen molar-refractivity contribution in [1.82, 2.24) is 0 Å². The van der Waals surface area contributed by atoms with Gasteiger partial charge in [0.15, 0.2) is 0 Å². The number of carbonyl (C=O) groups excluding carboxylic acids is 2. The number of rotatable bonds is 5. The van der Waals surface area contributed by atoms with Gasteiger partial charge in [0, 0.05) is 6.54 Å². The molecule has 4 rings (SSSR count). The summed E-state index contributed by atoms with van der Waals surface area (Å²) in [6.07, 6.45) is 1.52. The molecule has 1 unspecified atom stereocenters. The van der Waals surface area contributed by atoms with E-state index in [9.17, 15) is 18.0 Å². The average molecular weight is 414 g/mol. The first-order chi connectivity index (χ1) is 13.8. The molecule has 1 N–H and O–H groups in total. The SMILES string of the molecule is CCOC(=O)c1ccccc1NS(=O)(=O)c1cc2c3c(c1)C(C)C(=O)N3CCC2. The molecular formula is C21H22N2O5S. The third-order valence-electron chi connectivity index (χ3n) is 5.37. The first-order valence-corrected chi connectivity index (χ1v) is 11.1. The molecule has 2 aliphatic heterocycles. The second-order valence-corrected chi connectivity index (χ2v) is 8.89. The van der Waals surface area contributed by atoms with E-state index < -0.39 is 16.0 Å². The van der Waals surface area contributed by atoms with Gasteiger partial charge in [0.1, 0.15) is 0 Å². The second kappa shape index (κ2) is 7.18. The third kappa shape index (κ3) is 3.27. The van der Waals surface area contributed by atoms with Crippen molar-refractivity contribution in [2.45, 2.75) is 37.5 Å². The first kappa shape index (κ1) is 19.4. The largest absolute Gasteiger partial charge is 0.462 e. The topological polar surface area (TPSA) is 92.8 Å². The van der Waals surface area contributed by atoms with Crippen molar-refractivity contribution in [3.05, 3.63) is 53.1 Å². The van der Waals surface area contributed by atoms with E-state index in [0.717, 1.165) is 29.7 Å². The first-order valence-electron chi connectivity index (χ1n) is 9.60. The van der Waals surface area contributed by atoms with Gasteiger partial charge in [-0.1, -0.05) is 12.1 Å². The lowest BCUT2D eigenvalue weighted by atomic mass is 9.97. The number of nitrogens with zero attached hydrogens (tertiary/aromatic N) is 1. The number of sulfonamides is 1. The van der Waals surface area contributed by atoms with Gasteiger partial charge in [-0.05, 0) is 62.1 Å². The Bertz CT molecular complexity index is 1110. The van der Waals surface area contributed by atoms with Gasteiger partial charge in [-0.2, -0.15) is 0 Å². The van der Waals surface area contributed by atoms with E-state index >= 15 is 0 Å². The van der Waals surface area contributed by atoms with Gasteiger partial charge in [-0.15, -0.1) is 0 Å². The van der Waals surface area contributed by atoms with Crippen LogP contribution in [0, 0.1) is 0 Å². The van der Waals surface area contributed by atoms with Crippen LogP contribution in [0.3, 0.4) is 0 Å². The number of esters is 1. The zero-order chi connectivity index (χ0) is 20.8. The maximum absolute atomic E-state index is 13.1. The maximum Gasteiger partial charge on any atom is 0.340 e. The molecule has 0 radical (unpaired) electrons. The van der Waals surface area contributed by atoms with Crippen LogP contribution in [-0.2, 0) is 26.0 Å². The van der Waals surface area contributed by atoms with Gasteiger partial charge < -0.3 is 9.64 Å². The summed E-state index contributed by atoms with van der Waals surface area (Å²) in [5, 5.41) is 0. The minimum Gasteiger partial charge on any atom is -0.462 e. The van der Waals surface area contributed by atoms with Crippen molar-refractivity contribution in [3.63, 3.8) is 0 Å². The van der Waals surface area contributed by atoms with E-state index in [4.69, 9.17) is 4.74 Å². The van der Waals surface area contributed by atoms with Crippen LogP contribution < -0.4 is 9.62 Å². The fourth-order valence-corrected chi connectivity index (χ4v) is 5.15. The molecule has 2 aromatic rings. The number of amides is 1. The number of aryl methyl sites for hydroxylation is 1. The standard InChI is InChI=1S/C21H22N2O5S/c1-3-28-21(25)16-8-4-5-9-18(16)22-29(26,27)15-11-14-7-6-10-23-19(14)17(12-15)13(2)20(23)24/h4-5,8-9,11-13,22H,3,6-7,10H2,1-2H3. The third-order valence-corrected chi connectivity index (χ3v) is 6.71. The van der Waals surface area contributed by atoms with Crippen LogP contribution >= 0.6 is 0 Å². The van der Waals surface area contributed by atoms with Gasteiger partial charge in [0.2, 0.25) is 5.91 Å². The van der Waals surface area contributed by atoms with Crippen molar-refractivity contribution in [1.29, 1.82) is 0 Å². The molecule has 152 valence electrons. The van der Waals surface area contributed by atoms with E-state index in [-0.39, 0.29) is 34.6 Å². The summed E-state index contributed by atoms with van der Waals surface area (Å²) in [7, 11) is -3.96. The van der Waals surface area contributed by atoms with Crippen LogP contribution in [0.4, 0.5) is 11.4 Å². The number of nitrogens with one attached hydrogen (secondary N) is 1. The quantitative estimate of drug-likeness (QED) is 0.759. The molecule has 0 aromatic heterocycles. The van der Waals surface area contributed by atoms with E-state index in [1.54, 1.807) is 43.0 Å². The smallest absolute Gasteiger partial charge is 0.340 e. The Morgan fingerprint density at radius 3 is 2.79 bits per heavy atom. The van der Waals surface area contributed by atoms with E-state index in [1.807, 2.05) is 0 Å². The fourth-order valence-electron chi connectivity index (χ4n) is 3.98. The molecule has 0 saturated heterocycles. The summed E-state index contributed by atoms with van der Waals surface area (Å²) in [6.45, 7) is 4.35. The molecule has 0 bridgehead atoms. The molecule has 0 fully saturated rings. The predicted octanol–water partition coefficient (Wildman–Crippen LogP) is 3.06. The number of carbonyl (C=O) groups is 2. The molecule has 0 saturated carbocycles. The second-order valence-electron chi connectivity index (χ2n) is 7.21. The summed E-state index contributed by atoms with van der Waals surface area (Å²) < 4.78 is 33.8. The summed E-state index contributed by atoms with van der Waals surface area (Å²) >= 11 is 0. The van der Waals surface area contributed by atoms with Crippen LogP contribution in [0.2, 0.25) is 0 Å². The van der Waals surface area contributed by atoms with Crippen LogP contribution in [0.5, 0.6) is 0 Å². The molecule has 2 aliphatic rings. The number of para-hydroxylation sites is 1. The van der Waals surface area contributed by atoms with Crippen LogP contribution in [-0.4, -0.2) is 33.4 Å². The number of benzene rings is 2. The minimum absolute atomic E-state index is 0.0103. The minimum atomic E-state index is -3.96. The van der Waals surface area contributed by atoms with Gasteiger partial charge in [-0.25, -0.2) is 13.2 Å². The normalized spacial score (nSPS) is 17.8. The molecule has 1 atom stereocenters. The molecular weight excluding hydrogens is 392 g/mol. The molecule has 7 nitrogen and oxygen atoms in total. The highest BCUT2D eigenvalue weighted by Gasteiger charge is 2.39. The summed E-state index contributed by atoms with van der Waals surface area (Å²) in [5.74, 6) is -0.954. The molecule has 1 amide bonds. The van der Waals surface area contributed by atoms with Gasteiger partial charge >= 0.3 is 5.97 Å². The van der Waals surface area contributed by atoms with Crippen molar-refractivity contribution < 1.29 is 22.7 Å². The van der Waals surface area contributed by atoms with E-state index in [1.165, 1.54) is 12.1 Å². The van der Waals surface area contributed by atoms with Crippen molar-refractivity contribution in [2.75, 3.05) is 22.8 Å². The highest BCUT2D eigenvalue weighted by atomic mass is 32.2. The molecule has 8 heteroatoms. The molecule has 29 heavy (non-hydrogen) atoms. The number of anilines is 2. The van der Waals surface area contributed by atoms with E-state index in [0.29, 0.717) is 6.54 Å². The Balaban J connectivity index is 1.74. The lowest BCUT2D eigenvalue weighted by molar-refractivity contribution is -0.119. The van der Waals surface area contributed by atoms with Crippen LogP contribution in [0.25, 0.3) is 0 Å². The van der Waals surface area contributed by atoms with Crippen molar-refractivity contribution in [2.24, 2.45) is 0 Å². The number of hydrogen-bond donors (Lipinski definition) is 1. The summed E-state index contributed by atoms with van der Waals surface area (Å²) in [5.41, 5.74) is 2.78. The highest BCUT2D eigenvalue weighted by Crippen LogP contribution is 2.44. The van der Waals surface area contributed by atoms with E-state index in [2.05, 4.69) is 4.72 Å². The average Bonchev–Trinajstić information content (AvgIpc) is 2.95.